The van der Waals surface area contributed by atoms with Gasteiger partial charge >= 0.3 is 29.6 Å². The summed E-state index contributed by atoms with van der Waals surface area (Å²) in [4.78, 5) is 0. The maximum atomic E-state index is 10.4. The van der Waals surface area contributed by atoms with Crippen LogP contribution in [0.15, 0.2) is 9.85 Å². The van der Waals surface area contributed by atoms with E-state index in [-0.39, 0.29) is 35.3 Å². The summed E-state index contributed by atoms with van der Waals surface area (Å²) in [6, 6.07) is 0. The molecule has 0 aliphatic rings. The zero-order valence-corrected chi connectivity index (χ0v) is 8.82. The van der Waals surface area contributed by atoms with Crippen molar-refractivity contribution in [3.8, 4) is 0 Å². The van der Waals surface area contributed by atoms with E-state index >= 15 is 0 Å². The first-order valence-corrected chi connectivity index (χ1v) is 4.32. The van der Waals surface area contributed by atoms with Crippen LogP contribution in [0, 0.1) is 0 Å². The summed E-state index contributed by atoms with van der Waals surface area (Å²) in [6.07, 6.45) is 0. The van der Waals surface area contributed by atoms with Crippen molar-refractivity contribution in [1.82, 2.24) is 10.2 Å². The van der Waals surface area contributed by atoms with E-state index in [0.29, 0.717) is 0 Å². The maximum Gasteiger partial charge on any atom is 1.00 e. The smallest absolute Gasteiger partial charge is 1.00 e. The van der Waals surface area contributed by atoms with Crippen molar-refractivity contribution in [2.45, 2.75) is 4.34 Å². The van der Waals surface area contributed by atoms with Crippen LogP contribution in [0.25, 0.3) is 0 Å². The predicted octanol–water partition coefficient (Wildman–Crippen LogP) is -3.70. The molecular weight excluding hydrogens is 185 g/mol. The number of hydrogen-bond acceptors (Lipinski definition) is 5. The van der Waals surface area contributed by atoms with Gasteiger partial charge in [-0.15, -0.1) is 10.2 Å². The van der Waals surface area contributed by atoms with Gasteiger partial charge in [-0.25, -0.2) is 13.6 Å². The summed E-state index contributed by atoms with van der Waals surface area (Å²) in [7, 11) is -3.61. The zero-order valence-electron chi connectivity index (χ0n) is 6.18. The Kier molecular flexibility index (Phi) is 3.92. The summed E-state index contributed by atoms with van der Waals surface area (Å²) in [5.74, 6) is 0. The van der Waals surface area contributed by atoms with Crippen molar-refractivity contribution in [3.63, 3.8) is 0 Å². The molecule has 0 fully saturated rings. The van der Waals surface area contributed by atoms with Crippen LogP contribution in [-0.4, -0.2) is 18.6 Å². The van der Waals surface area contributed by atoms with E-state index in [4.69, 9.17) is 0 Å². The average molecular weight is 189 g/mol. The molecule has 1 aromatic rings. The van der Waals surface area contributed by atoms with Crippen LogP contribution >= 0.6 is 11.3 Å². The Hall–Kier alpha value is 0.470. The Morgan fingerprint density at radius 2 is 2.30 bits per heavy atom. The molecule has 0 saturated carbocycles. The van der Waals surface area contributed by atoms with Gasteiger partial charge in [-0.1, -0.05) is 11.3 Å². The number of hydrogen-bond donors (Lipinski definition) is 1. The molecule has 8 heteroatoms. The summed E-state index contributed by atoms with van der Waals surface area (Å²) in [6.45, 7) is 0. The molecule has 1 aromatic heterocycles. The second kappa shape index (κ2) is 3.74. The largest absolute Gasteiger partial charge is 1.00 e. The number of sulfonamides is 1. The topological polar surface area (TPSA) is 85.9 Å². The van der Waals surface area contributed by atoms with Crippen molar-refractivity contribution in [3.05, 3.63) is 5.51 Å². The van der Waals surface area contributed by atoms with Gasteiger partial charge in [0.15, 0.2) is 0 Å². The monoisotopic (exact) mass is 189 g/mol. The molecule has 0 atom stereocenters. The van der Waals surface area contributed by atoms with E-state index in [1.807, 2.05) is 0 Å². The molecule has 1 rings (SSSR count). The Morgan fingerprint density at radius 1 is 1.70 bits per heavy atom. The maximum absolute atomic E-state index is 10.4. The normalized spacial score (nSPS) is 10.5. The third-order valence-electron chi connectivity index (χ3n) is 0.583. The fourth-order valence-electron chi connectivity index (χ4n) is 0.287. The number of primary sulfonamides is 1. The van der Waals surface area contributed by atoms with Crippen molar-refractivity contribution in [1.29, 1.82) is 0 Å². The Balaban J connectivity index is 0. The summed E-state index contributed by atoms with van der Waals surface area (Å²) >= 11 is 0.895. The molecule has 0 aliphatic carbocycles. The first-order valence-electron chi connectivity index (χ1n) is 1.89. The predicted molar refractivity (Wildman–Crippen MR) is 32.4 cm³/mol. The minimum atomic E-state index is -3.61. The molecular formula is C2H4N3NaO2S2. The number of rotatable bonds is 1. The molecule has 0 radical (unpaired) electrons. The van der Waals surface area contributed by atoms with Crippen molar-refractivity contribution < 1.29 is 39.4 Å². The van der Waals surface area contributed by atoms with Gasteiger partial charge in [-0.3, -0.25) is 0 Å². The molecule has 0 saturated heterocycles. The van der Waals surface area contributed by atoms with Crippen LogP contribution in [-0.2, 0) is 10.0 Å². The third kappa shape index (κ3) is 2.60. The van der Waals surface area contributed by atoms with Gasteiger partial charge in [-0.05, 0) is 0 Å². The fourth-order valence-corrected chi connectivity index (χ4v) is 1.39. The van der Waals surface area contributed by atoms with Crippen LogP contribution < -0.4 is 34.7 Å². The first kappa shape index (κ1) is 10.5. The third-order valence-corrected chi connectivity index (χ3v) is 2.62. The van der Waals surface area contributed by atoms with E-state index in [1.165, 1.54) is 5.51 Å². The fraction of sp³-hybridized carbons (Fsp3) is 0. The summed E-state index contributed by atoms with van der Waals surface area (Å²) in [5.41, 5.74) is 1.31. The molecule has 52 valence electrons. The van der Waals surface area contributed by atoms with Crippen LogP contribution in [0.4, 0.5) is 0 Å². The van der Waals surface area contributed by atoms with Gasteiger partial charge in [0, 0.05) is 0 Å². The Morgan fingerprint density at radius 3 is 2.50 bits per heavy atom. The molecule has 5 nitrogen and oxygen atoms in total. The quantitative estimate of drug-likeness (QED) is 0.461. The van der Waals surface area contributed by atoms with Gasteiger partial charge in [-0.2, -0.15) is 0 Å². The van der Waals surface area contributed by atoms with E-state index in [2.05, 4.69) is 15.3 Å². The molecule has 10 heavy (non-hydrogen) atoms. The molecule has 0 aromatic carbocycles. The Bertz CT molecular complexity index is 284. The molecule has 0 unspecified atom stereocenters. The molecule has 0 bridgehead atoms. The second-order valence-electron chi connectivity index (χ2n) is 1.25. The summed E-state index contributed by atoms with van der Waals surface area (Å²) < 4.78 is 20.6. The van der Waals surface area contributed by atoms with Crippen molar-refractivity contribution in [2.24, 2.45) is 5.14 Å². The average Bonchev–Trinajstić information content (AvgIpc) is 2.08. The van der Waals surface area contributed by atoms with Crippen LogP contribution in [0.2, 0.25) is 0 Å². The van der Waals surface area contributed by atoms with Gasteiger partial charge in [0.25, 0.3) is 10.0 Å². The first-order chi connectivity index (χ1) is 4.11. The minimum absolute atomic E-state index is 0. The van der Waals surface area contributed by atoms with Crippen LogP contribution in [0.1, 0.15) is 1.43 Å². The molecule has 1 heterocycles. The molecule has 0 spiro atoms. The zero-order chi connectivity index (χ0) is 6.91. The molecule has 0 aliphatic heterocycles. The minimum Gasteiger partial charge on any atom is -1.00 e. The van der Waals surface area contributed by atoms with Crippen molar-refractivity contribution in [2.75, 3.05) is 0 Å². The van der Waals surface area contributed by atoms with Gasteiger partial charge in [0.05, 0.1) is 0 Å². The molecule has 0 amide bonds. The Labute approximate surface area is 85.5 Å². The SMILES string of the molecule is NS(=O)(=O)c1nncs1.[H-].[Na+]. The number of nitrogens with two attached hydrogens (primary N) is 1. The van der Waals surface area contributed by atoms with Gasteiger partial charge < -0.3 is 1.43 Å². The van der Waals surface area contributed by atoms with E-state index in [9.17, 15) is 8.42 Å². The van der Waals surface area contributed by atoms with E-state index in [0.717, 1.165) is 11.3 Å². The van der Waals surface area contributed by atoms with Gasteiger partial charge in [0.2, 0.25) is 4.34 Å². The molecule has 2 N–H and O–H groups in total. The standard InChI is InChI=1S/C2H3N3O2S2.Na.H/c3-9(6,7)2-5-4-1-8-2;;/h1H,(H2,3,6,7);;/q;+1;-1. The van der Waals surface area contributed by atoms with Gasteiger partial charge in [0.1, 0.15) is 5.51 Å². The van der Waals surface area contributed by atoms with E-state index < -0.39 is 10.0 Å². The van der Waals surface area contributed by atoms with Crippen LogP contribution in [0.3, 0.4) is 0 Å². The van der Waals surface area contributed by atoms with Crippen molar-refractivity contribution >= 4 is 21.4 Å². The number of aromatic nitrogens is 2. The van der Waals surface area contributed by atoms with E-state index in [1.54, 1.807) is 0 Å². The summed E-state index contributed by atoms with van der Waals surface area (Å²) in [5, 5.41) is 11.2. The van der Waals surface area contributed by atoms with Crippen LogP contribution in [0.5, 0.6) is 0 Å². The number of nitrogens with zero attached hydrogens (tertiary/aromatic N) is 2. The second-order valence-corrected chi connectivity index (χ2v) is 3.82.